The Balaban J connectivity index is 1.18. The summed E-state index contributed by atoms with van der Waals surface area (Å²) in [5, 5.41) is 6.53. The maximum Gasteiger partial charge on any atom is 0.161 e. The summed E-state index contributed by atoms with van der Waals surface area (Å²) in [6.45, 7) is 0. The van der Waals surface area contributed by atoms with Crippen molar-refractivity contribution in [2.24, 2.45) is 0 Å². The van der Waals surface area contributed by atoms with Gasteiger partial charge >= 0.3 is 0 Å². The second kappa shape index (κ2) is 12.1. The summed E-state index contributed by atoms with van der Waals surface area (Å²) in [5.41, 5.74) is 12.3. The first-order valence-corrected chi connectivity index (χ1v) is 18.1. The number of aromatic nitrogens is 2. The fraction of sp³-hybridized carbons (Fsp3) is 0. The molecule has 0 aliphatic heterocycles. The molecular weight excluding hydrogens is 661 g/mol. The van der Waals surface area contributed by atoms with E-state index < -0.39 is 0 Å². The van der Waals surface area contributed by atoms with Crippen LogP contribution in [0, 0.1) is 0 Å². The Morgan fingerprint density at radius 3 is 1.76 bits per heavy atom. The summed E-state index contributed by atoms with van der Waals surface area (Å²) in [7, 11) is 0. The molecule has 0 amide bonds. The Morgan fingerprint density at radius 1 is 0.333 bits per heavy atom. The quantitative estimate of drug-likeness (QED) is 0.180. The Labute approximate surface area is 310 Å². The van der Waals surface area contributed by atoms with Crippen LogP contribution < -0.4 is 0 Å². The SMILES string of the molecule is c1ccc(-c2ccc(-c3cc(-c4ccc5ccccc5c4)nc(-c4c(-c5ccc6c(c5)oc5ccccc56)ccc5oc6ccccc6c45)n3)cc2)cc1. The monoisotopic (exact) mass is 690 g/mol. The number of nitrogens with zero attached hydrogens (tertiary/aromatic N) is 2. The zero-order chi connectivity index (χ0) is 35.6. The molecule has 11 aromatic rings. The molecule has 0 bridgehead atoms. The maximum absolute atomic E-state index is 6.47. The zero-order valence-corrected chi connectivity index (χ0v) is 29.0. The molecule has 0 saturated carbocycles. The molecule has 0 saturated heterocycles. The van der Waals surface area contributed by atoms with Gasteiger partial charge in [0.25, 0.3) is 0 Å². The van der Waals surface area contributed by atoms with E-state index in [0.29, 0.717) is 5.82 Å². The van der Waals surface area contributed by atoms with Crippen molar-refractivity contribution in [2.45, 2.75) is 0 Å². The van der Waals surface area contributed by atoms with Crippen LogP contribution in [0.4, 0.5) is 0 Å². The minimum Gasteiger partial charge on any atom is -0.456 e. The average molecular weight is 691 g/mol. The van der Waals surface area contributed by atoms with Crippen LogP contribution >= 0.6 is 0 Å². The first-order valence-electron chi connectivity index (χ1n) is 18.1. The van der Waals surface area contributed by atoms with E-state index in [0.717, 1.165) is 94.0 Å². The normalized spacial score (nSPS) is 11.7. The van der Waals surface area contributed by atoms with Crippen molar-refractivity contribution in [3.05, 3.63) is 182 Å². The standard InChI is InChI=1S/C50H30N2O2/c1-2-10-31(11-3-1)33-18-21-34(22-19-33)42-30-43(37-23-20-32-12-4-5-13-35(32)28-37)52-50(51-42)49-38(26-27-46-48(49)41-15-7-9-17-45(41)53-46)36-24-25-40-39-14-6-8-16-44(39)54-47(40)29-36/h1-30H. The van der Waals surface area contributed by atoms with Gasteiger partial charge in [0.2, 0.25) is 0 Å². The van der Waals surface area contributed by atoms with Crippen molar-refractivity contribution in [3.8, 4) is 56.2 Å². The van der Waals surface area contributed by atoms with E-state index in [1.54, 1.807) is 0 Å². The van der Waals surface area contributed by atoms with Gasteiger partial charge in [-0.2, -0.15) is 0 Å². The Morgan fingerprint density at radius 2 is 0.926 bits per heavy atom. The van der Waals surface area contributed by atoms with Crippen LogP contribution in [0.25, 0.3) is 111 Å². The van der Waals surface area contributed by atoms with Crippen molar-refractivity contribution in [3.63, 3.8) is 0 Å². The van der Waals surface area contributed by atoms with Crippen molar-refractivity contribution in [2.75, 3.05) is 0 Å². The molecule has 0 aliphatic carbocycles. The summed E-state index contributed by atoms with van der Waals surface area (Å²) in [4.78, 5) is 10.8. The molecule has 0 fully saturated rings. The highest BCUT2D eigenvalue weighted by atomic mass is 16.3. The number of benzene rings is 8. The largest absolute Gasteiger partial charge is 0.456 e. The summed E-state index contributed by atoms with van der Waals surface area (Å²) in [5.74, 6) is 0.625. The van der Waals surface area contributed by atoms with E-state index in [1.165, 1.54) is 10.9 Å². The zero-order valence-electron chi connectivity index (χ0n) is 29.0. The maximum atomic E-state index is 6.47. The lowest BCUT2D eigenvalue weighted by Crippen LogP contribution is -1.98. The van der Waals surface area contributed by atoms with Gasteiger partial charge in [-0.15, -0.1) is 0 Å². The fourth-order valence-electron chi connectivity index (χ4n) is 7.85. The van der Waals surface area contributed by atoms with Crippen molar-refractivity contribution < 1.29 is 8.83 Å². The van der Waals surface area contributed by atoms with Crippen LogP contribution in [0.1, 0.15) is 0 Å². The Hall–Kier alpha value is -7.30. The van der Waals surface area contributed by atoms with Crippen LogP contribution in [0.2, 0.25) is 0 Å². The minimum atomic E-state index is 0.625. The van der Waals surface area contributed by atoms with E-state index in [2.05, 4.69) is 146 Å². The molecule has 0 N–H and O–H groups in total. The third-order valence-corrected chi connectivity index (χ3v) is 10.5. The lowest BCUT2D eigenvalue weighted by molar-refractivity contribution is 0.669. The number of fused-ring (bicyclic) bond motifs is 7. The van der Waals surface area contributed by atoms with Gasteiger partial charge in [-0.25, -0.2) is 9.97 Å². The number of hydrogen-bond acceptors (Lipinski definition) is 4. The molecule has 4 heteroatoms. The van der Waals surface area contributed by atoms with Gasteiger partial charge < -0.3 is 8.83 Å². The minimum absolute atomic E-state index is 0.625. The fourth-order valence-corrected chi connectivity index (χ4v) is 7.85. The van der Waals surface area contributed by atoms with Gasteiger partial charge in [-0.1, -0.05) is 133 Å². The third kappa shape index (κ3) is 5.00. The molecule has 3 aromatic heterocycles. The van der Waals surface area contributed by atoms with Crippen LogP contribution in [0.15, 0.2) is 191 Å². The van der Waals surface area contributed by atoms with E-state index in [-0.39, 0.29) is 0 Å². The smallest absolute Gasteiger partial charge is 0.161 e. The first-order chi connectivity index (χ1) is 26.7. The molecule has 0 unspecified atom stereocenters. The van der Waals surface area contributed by atoms with Gasteiger partial charge in [0, 0.05) is 38.2 Å². The topological polar surface area (TPSA) is 52.1 Å². The highest BCUT2D eigenvalue weighted by molar-refractivity contribution is 6.16. The molecule has 0 spiro atoms. The molecule has 3 heterocycles. The second-order valence-corrected chi connectivity index (χ2v) is 13.7. The van der Waals surface area contributed by atoms with Gasteiger partial charge in [0.1, 0.15) is 22.3 Å². The van der Waals surface area contributed by atoms with Gasteiger partial charge in [0.15, 0.2) is 5.82 Å². The molecule has 11 rings (SSSR count). The van der Waals surface area contributed by atoms with Crippen molar-refractivity contribution >= 4 is 54.6 Å². The second-order valence-electron chi connectivity index (χ2n) is 13.7. The molecule has 0 atom stereocenters. The van der Waals surface area contributed by atoms with E-state index in [9.17, 15) is 0 Å². The predicted molar refractivity (Wildman–Crippen MR) is 221 cm³/mol. The Bertz CT molecular complexity index is 3210. The summed E-state index contributed by atoms with van der Waals surface area (Å²) in [6, 6.07) is 63.2. The molecule has 252 valence electrons. The Kier molecular flexibility index (Phi) is 6.82. The van der Waals surface area contributed by atoms with Crippen LogP contribution in [0.5, 0.6) is 0 Å². The predicted octanol–water partition coefficient (Wildman–Crippen LogP) is 13.8. The van der Waals surface area contributed by atoms with Crippen LogP contribution in [-0.2, 0) is 0 Å². The number of rotatable bonds is 5. The van der Waals surface area contributed by atoms with E-state index >= 15 is 0 Å². The summed E-state index contributed by atoms with van der Waals surface area (Å²) < 4.78 is 12.9. The average Bonchev–Trinajstić information content (AvgIpc) is 3.81. The summed E-state index contributed by atoms with van der Waals surface area (Å²) >= 11 is 0. The van der Waals surface area contributed by atoms with Crippen LogP contribution in [-0.4, -0.2) is 9.97 Å². The molecule has 4 nitrogen and oxygen atoms in total. The van der Waals surface area contributed by atoms with Crippen LogP contribution in [0.3, 0.4) is 0 Å². The number of hydrogen-bond donors (Lipinski definition) is 0. The first kappa shape index (κ1) is 30.3. The lowest BCUT2D eigenvalue weighted by atomic mass is 9.93. The summed E-state index contributed by atoms with van der Waals surface area (Å²) in [6.07, 6.45) is 0. The van der Waals surface area contributed by atoms with E-state index in [1.807, 2.05) is 36.4 Å². The lowest BCUT2D eigenvalue weighted by Gasteiger charge is -2.14. The van der Waals surface area contributed by atoms with Crippen molar-refractivity contribution in [1.29, 1.82) is 0 Å². The highest BCUT2D eigenvalue weighted by Gasteiger charge is 2.22. The molecule has 54 heavy (non-hydrogen) atoms. The molecular formula is C50H30N2O2. The molecule has 8 aromatic carbocycles. The van der Waals surface area contributed by atoms with E-state index in [4.69, 9.17) is 18.8 Å². The van der Waals surface area contributed by atoms with Crippen molar-refractivity contribution in [1.82, 2.24) is 9.97 Å². The van der Waals surface area contributed by atoms with Gasteiger partial charge in [-0.3, -0.25) is 0 Å². The van der Waals surface area contributed by atoms with Gasteiger partial charge in [-0.05, 0) is 81.6 Å². The number of para-hydroxylation sites is 2. The molecule has 0 aliphatic rings. The highest BCUT2D eigenvalue weighted by Crippen LogP contribution is 2.44. The molecule has 0 radical (unpaired) electrons. The third-order valence-electron chi connectivity index (χ3n) is 10.5. The van der Waals surface area contributed by atoms with Gasteiger partial charge in [0.05, 0.1) is 11.4 Å². The number of furan rings is 2.